The molecule has 1 aromatic carbocycles. The highest BCUT2D eigenvalue weighted by atomic mass is 16.7. The van der Waals surface area contributed by atoms with Gasteiger partial charge in [0, 0.05) is 19.6 Å². The molecule has 6 heteroatoms. The van der Waals surface area contributed by atoms with E-state index in [1.54, 1.807) is 4.90 Å². The minimum Gasteiger partial charge on any atom is -0.339 e. The van der Waals surface area contributed by atoms with Crippen molar-refractivity contribution in [2.24, 2.45) is 5.92 Å². The standard InChI is InChI=1S/C21H26N2O4/c24-19(22-10-2-1-3-11-22)16-6-4-7-17-18(16)21(26-12-5-13-27-21)20(25)23(17)14-15-8-9-15/h4,6-7,15H,1-3,5,8-14H2. The number of hydrogen-bond donors (Lipinski definition) is 0. The summed E-state index contributed by atoms with van der Waals surface area (Å²) in [6, 6.07) is 5.64. The maximum absolute atomic E-state index is 13.4. The molecule has 1 spiro atoms. The van der Waals surface area contributed by atoms with Gasteiger partial charge in [-0.15, -0.1) is 0 Å². The first-order chi connectivity index (χ1) is 13.2. The van der Waals surface area contributed by atoms with Gasteiger partial charge < -0.3 is 19.3 Å². The minimum absolute atomic E-state index is 0.00947. The fourth-order valence-electron chi connectivity index (χ4n) is 4.49. The van der Waals surface area contributed by atoms with Gasteiger partial charge in [-0.1, -0.05) is 6.07 Å². The highest BCUT2D eigenvalue weighted by Gasteiger charge is 2.57. The third kappa shape index (κ3) is 2.77. The molecule has 0 radical (unpaired) electrons. The normalized spacial score (nSPS) is 24.4. The molecule has 0 bridgehead atoms. The average molecular weight is 370 g/mol. The molecule has 144 valence electrons. The van der Waals surface area contributed by atoms with Crippen molar-refractivity contribution in [3.05, 3.63) is 29.3 Å². The SMILES string of the molecule is O=C(c1cccc2c1C1(OCCCO1)C(=O)N2CC1CC1)N1CCCCC1. The Labute approximate surface area is 159 Å². The number of carbonyl (C=O) groups is 2. The second-order valence-corrected chi connectivity index (χ2v) is 8.08. The van der Waals surface area contributed by atoms with Crippen molar-refractivity contribution in [2.75, 3.05) is 37.7 Å². The van der Waals surface area contributed by atoms with Crippen molar-refractivity contribution in [1.82, 2.24) is 4.90 Å². The Morgan fingerprint density at radius 3 is 2.52 bits per heavy atom. The number of hydrogen-bond acceptors (Lipinski definition) is 4. The van der Waals surface area contributed by atoms with E-state index in [-0.39, 0.29) is 11.8 Å². The number of piperidine rings is 1. The zero-order chi connectivity index (χ0) is 18.4. The molecule has 2 amide bonds. The van der Waals surface area contributed by atoms with E-state index in [2.05, 4.69) is 0 Å². The van der Waals surface area contributed by atoms with Crippen LogP contribution >= 0.6 is 0 Å². The minimum atomic E-state index is -1.44. The van der Waals surface area contributed by atoms with Crippen LogP contribution in [0.1, 0.15) is 54.4 Å². The third-order valence-corrected chi connectivity index (χ3v) is 6.10. The second kappa shape index (κ2) is 6.60. The van der Waals surface area contributed by atoms with Crippen molar-refractivity contribution in [1.29, 1.82) is 0 Å². The molecule has 27 heavy (non-hydrogen) atoms. The molecule has 0 aromatic heterocycles. The van der Waals surface area contributed by atoms with E-state index in [1.807, 2.05) is 23.1 Å². The molecule has 3 heterocycles. The van der Waals surface area contributed by atoms with Gasteiger partial charge in [-0.2, -0.15) is 0 Å². The zero-order valence-electron chi connectivity index (χ0n) is 15.6. The van der Waals surface area contributed by atoms with Crippen LogP contribution < -0.4 is 4.90 Å². The molecular formula is C21H26N2O4. The van der Waals surface area contributed by atoms with Crippen LogP contribution in [0.5, 0.6) is 0 Å². The number of likely N-dealkylation sites (tertiary alicyclic amines) is 1. The number of ether oxygens (including phenoxy) is 2. The lowest BCUT2D eigenvalue weighted by Crippen LogP contribution is -2.48. The molecule has 1 saturated carbocycles. The van der Waals surface area contributed by atoms with Gasteiger partial charge >= 0.3 is 0 Å². The van der Waals surface area contributed by atoms with Gasteiger partial charge in [0.05, 0.1) is 30.0 Å². The first-order valence-corrected chi connectivity index (χ1v) is 10.2. The molecule has 2 saturated heterocycles. The van der Waals surface area contributed by atoms with E-state index in [9.17, 15) is 9.59 Å². The van der Waals surface area contributed by atoms with E-state index in [4.69, 9.17) is 9.47 Å². The summed E-state index contributed by atoms with van der Waals surface area (Å²) in [5.74, 6) is -1.07. The Balaban J connectivity index is 1.59. The summed E-state index contributed by atoms with van der Waals surface area (Å²) < 4.78 is 12.0. The Bertz CT molecular complexity index is 761. The lowest BCUT2D eigenvalue weighted by atomic mass is 9.97. The second-order valence-electron chi connectivity index (χ2n) is 8.08. The van der Waals surface area contributed by atoms with Crippen molar-refractivity contribution in [3.63, 3.8) is 0 Å². The molecule has 1 aliphatic carbocycles. The smallest absolute Gasteiger partial charge is 0.292 e. The molecule has 4 aliphatic rings. The maximum Gasteiger partial charge on any atom is 0.292 e. The van der Waals surface area contributed by atoms with Crippen LogP contribution in [0, 0.1) is 5.92 Å². The maximum atomic E-state index is 13.4. The van der Waals surface area contributed by atoms with Crippen LogP contribution in [0.25, 0.3) is 0 Å². The number of amides is 2. The highest BCUT2D eigenvalue weighted by molar-refractivity contribution is 6.10. The summed E-state index contributed by atoms with van der Waals surface area (Å²) in [5.41, 5.74) is 1.98. The van der Waals surface area contributed by atoms with Gasteiger partial charge in [0.15, 0.2) is 0 Å². The highest BCUT2D eigenvalue weighted by Crippen LogP contribution is 2.48. The van der Waals surface area contributed by atoms with Gasteiger partial charge in [0.1, 0.15) is 0 Å². The molecule has 3 fully saturated rings. The Hall–Kier alpha value is -1.92. The average Bonchev–Trinajstić information content (AvgIpc) is 3.52. The zero-order valence-corrected chi connectivity index (χ0v) is 15.6. The van der Waals surface area contributed by atoms with E-state index >= 15 is 0 Å². The monoisotopic (exact) mass is 370 g/mol. The fourth-order valence-corrected chi connectivity index (χ4v) is 4.49. The van der Waals surface area contributed by atoms with E-state index in [1.165, 1.54) is 6.42 Å². The van der Waals surface area contributed by atoms with Gasteiger partial charge in [0.2, 0.25) is 0 Å². The lowest BCUT2D eigenvalue weighted by Gasteiger charge is -2.34. The van der Waals surface area contributed by atoms with E-state index in [0.29, 0.717) is 36.8 Å². The van der Waals surface area contributed by atoms with Crippen molar-refractivity contribution >= 4 is 17.5 Å². The first-order valence-electron chi connectivity index (χ1n) is 10.2. The van der Waals surface area contributed by atoms with Gasteiger partial charge in [0.25, 0.3) is 17.6 Å². The quantitative estimate of drug-likeness (QED) is 0.821. The number of nitrogens with zero attached hydrogens (tertiary/aromatic N) is 2. The molecular weight excluding hydrogens is 344 g/mol. The lowest BCUT2D eigenvalue weighted by molar-refractivity contribution is -0.256. The molecule has 0 N–H and O–H groups in total. The number of benzene rings is 1. The summed E-state index contributed by atoms with van der Waals surface area (Å²) in [7, 11) is 0. The molecule has 0 atom stereocenters. The molecule has 3 aliphatic heterocycles. The summed E-state index contributed by atoms with van der Waals surface area (Å²) >= 11 is 0. The molecule has 0 unspecified atom stereocenters. The van der Waals surface area contributed by atoms with Gasteiger partial charge in [-0.3, -0.25) is 9.59 Å². The first kappa shape index (κ1) is 17.2. The summed E-state index contributed by atoms with van der Waals surface area (Å²) in [4.78, 5) is 30.4. The van der Waals surface area contributed by atoms with Crippen LogP contribution in [0.2, 0.25) is 0 Å². The number of fused-ring (bicyclic) bond motifs is 2. The van der Waals surface area contributed by atoms with E-state index < -0.39 is 5.79 Å². The fraction of sp³-hybridized carbons (Fsp3) is 0.619. The predicted octanol–water partition coefficient (Wildman–Crippen LogP) is 2.66. The molecule has 6 nitrogen and oxygen atoms in total. The third-order valence-electron chi connectivity index (χ3n) is 6.10. The largest absolute Gasteiger partial charge is 0.339 e. The van der Waals surface area contributed by atoms with Crippen LogP contribution in [-0.4, -0.2) is 49.6 Å². The Morgan fingerprint density at radius 1 is 1.07 bits per heavy atom. The Kier molecular flexibility index (Phi) is 4.20. The van der Waals surface area contributed by atoms with Gasteiger partial charge in [-0.25, -0.2) is 0 Å². The van der Waals surface area contributed by atoms with Crippen LogP contribution in [0.4, 0.5) is 5.69 Å². The molecule has 5 rings (SSSR count). The molecule has 1 aromatic rings. The van der Waals surface area contributed by atoms with Crippen molar-refractivity contribution in [3.8, 4) is 0 Å². The Morgan fingerprint density at radius 2 is 1.81 bits per heavy atom. The van der Waals surface area contributed by atoms with Crippen LogP contribution in [0.3, 0.4) is 0 Å². The predicted molar refractivity (Wildman–Crippen MR) is 99.5 cm³/mol. The topological polar surface area (TPSA) is 59.1 Å². The van der Waals surface area contributed by atoms with E-state index in [0.717, 1.165) is 50.9 Å². The van der Waals surface area contributed by atoms with Gasteiger partial charge in [-0.05, 0) is 56.6 Å². The summed E-state index contributed by atoms with van der Waals surface area (Å²) in [5, 5.41) is 0. The van der Waals surface area contributed by atoms with Crippen molar-refractivity contribution in [2.45, 2.75) is 44.3 Å². The van der Waals surface area contributed by atoms with Crippen LogP contribution in [0.15, 0.2) is 18.2 Å². The number of carbonyl (C=O) groups excluding carboxylic acids is 2. The number of rotatable bonds is 3. The van der Waals surface area contributed by atoms with Crippen LogP contribution in [-0.2, 0) is 20.1 Å². The summed E-state index contributed by atoms with van der Waals surface area (Å²) in [6.45, 7) is 3.17. The number of anilines is 1. The van der Waals surface area contributed by atoms with Crippen molar-refractivity contribution < 1.29 is 19.1 Å². The summed E-state index contributed by atoms with van der Waals surface area (Å²) in [6.07, 6.45) is 6.30.